The Morgan fingerprint density at radius 2 is 1.95 bits per heavy atom. The van der Waals surface area contributed by atoms with Crippen molar-refractivity contribution < 1.29 is 13.9 Å². The summed E-state index contributed by atoms with van der Waals surface area (Å²) < 4.78 is 17.8. The van der Waals surface area contributed by atoms with Gasteiger partial charge in [0, 0.05) is 12.1 Å². The molecule has 2 aromatic carbocycles. The van der Waals surface area contributed by atoms with Crippen molar-refractivity contribution in [3.63, 3.8) is 0 Å². The van der Waals surface area contributed by atoms with Crippen LogP contribution in [0.4, 0.5) is 4.39 Å². The van der Waals surface area contributed by atoms with Gasteiger partial charge in [-0.2, -0.15) is 0 Å². The number of nitrogens with one attached hydrogen (secondary N) is 1. The Morgan fingerprint density at radius 3 is 2.65 bits per heavy atom. The van der Waals surface area contributed by atoms with E-state index in [4.69, 9.17) is 4.74 Å². The van der Waals surface area contributed by atoms with Gasteiger partial charge in [-0.25, -0.2) is 4.39 Å². The molecule has 0 heterocycles. The molecule has 104 valence electrons. The lowest BCUT2D eigenvalue weighted by Gasteiger charge is -2.07. The molecule has 0 saturated heterocycles. The van der Waals surface area contributed by atoms with Crippen molar-refractivity contribution in [3.8, 4) is 5.75 Å². The molecule has 1 amide bonds. The second-order valence-electron chi connectivity index (χ2n) is 4.36. The summed E-state index contributed by atoms with van der Waals surface area (Å²) in [5.41, 5.74) is 1.54. The summed E-state index contributed by atoms with van der Waals surface area (Å²) in [6, 6.07) is 13.2. The molecule has 0 unspecified atom stereocenters. The van der Waals surface area contributed by atoms with Gasteiger partial charge < -0.3 is 10.1 Å². The molecule has 0 radical (unpaired) electrons. The molecule has 2 aromatic rings. The summed E-state index contributed by atoms with van der Waals surface area (Å²) in [4.78, 5) is 11.9. The van der Waals surface area contributed by atoms with Crippen molar-refractivity contribution >= 4 is 5.91 Å². The summed E-state index contributed by atoms with van der Waals surface area (Å²) in [7, 11) is 1.56. The summed E-state index contributed by atoms with van der Waals surface area (Å²) in [6.45, 7) is 0.502. The van der Waals surface area contributed by atoms with E-state index in [1.54, 1.807) is 43.5 Å². The molecule has 0 aliphatic heterocycles. The zero-order valence-corrected chi connectivity index (χ0v) is 11.2. The molecule has 4 heteroatoms. The molecule has 20 heavy (non-hydrogen) atoms. The number of hydrogen-bond acceptors (Lipinski definition) is 2. The Bertz CT molecular complexity index is 581. The van der Waals surface area contributed by atoms with Gasteiger partial charge in [0.15, 0.2) is 0 Å². The third-order valence-electron chi connectivity index (χ3n) is 2.94. The fraction of sp³-hybridized carbons (Fsp3) is 0.188. The first-order valence-electron chi connectivity index (χ1n) is 6.36. The lowest BCUT2D eigenvalue weighted by molar-refractivity contribution is 0.0954. The molecular weight excluding hydrogens is 257 g/mol. The summed E-state index contributed by atoms with van der Waals surface area (Å²) >= 11 is 0. The van der Waals surface area contributed by atoms with Gasteiger partial charge in [0.2, 0.25) is 0 Å². The largest absolute Gasteiger partial charge is 0.497 e. The molecule has 3 nitrogen and oxygen atoms in total. The predicted molar refractivity (Wildman–Crippen MR) is 75.4 cm³/mol. The fourth-order valence-corrected chi connectivity index (χ4v) is 1.84. The van der Waals surface area contributed by atoms with Crippen LogP contribution in [0.3, 0.4) is 0 Å². The Morgan fingerprint density at radius 1 is 1.20 bits per heavy atom. The SMILES string of the molecule is COc1cccc(C(=O)NCCc2ccc(F)cc2)c1. The molecular formula is C16H16FNO2. The highest BCUT2D eigenvalue weighted by atomic mass is 19.1. The second-order valence-corrected chi connectivity index (χ2v) is 4.36. The minimum absolute atomic E-state index is 0.147. The van der Waals surface area contributed by atoms with Crippen LogP contribution in [0.2, 0.25) is 0 Å². The van der Waals surface area contributed by atoms with Gasteiger partial charge in [0.25, 0.3) is 5.91 Å². The number of carbonyl (C=O) groups excluding carboxylic acids is 1. The van der Waals surface area contributed by atoms with Gasteiger partial charge in [-0.15, -0.1) is 0 Å². The van der Waals surface area contributed by atoms with Crippen LogP contribution >= 0.6 is 0 Å². The van der Waals surface area contributed by atoms with Crippen molar-refractivity contribution in [2.24, 2.45) is 0 Å². The molecule has 0 aliphatic carbocycles. The Balaban J connectivity index is 1.87. The van der Waals surface area contributed by atoms with Crippen molar-refractivity contribution in [1.82, 2.24) is 5.32 Å². The van der Waals surface area contributed by atoms with Gasteiger partial charge in [0.1, 0.15) is 11.6 Å². The van der Waals surface area contributed by atoms with Crippen LogP contribution in [0.25, 0.3) is 0 Å². The lowest BCUT2D eigenvalue weighted by Crippen LogP contribution is -2.25. The molecule has 0 atom stereocenters. The average molecular weight is 273 g/mol. The third kappa shape index (κ3) is 3.82. The highest BCUT2D eigenvalue weighted by molar-refractivity contribution is 5.94. The number of halogens is 1. The highest BCUT2D eigenvalue weighted by Crippen LogP contribution is 2.12. The summed E-state index contributed by atoms with van der Waals surface area (Å²) in [5, 5.41) is 2.83. The van der Waals surface area contributed by atoms with E-state index in [0.717, 1.165) is 5.56 Å². The first-order valence-corrected chi connectivity index (χ1v) is 6.36. The molecule has 0 bridgehead atoms. The highest BCUT2D eigenvalue weighted by Gasteiger charge is 2.05. The smallest absolute Gasteiger partial charge is 0.251 e. The van der Waals surface area contributed by atoms with Crippen LogP contribution in [0.15, 0.2) is 48.5 Å². The quantitative estimate of drug-likeness (QED) is 0.909. The minimum atomic E-state index is -0.255. The molecule has 2 rings (SSSR count). The van der Waals surface area contributed by atoms with E-state index >= 15 is 0 Å². The second kappa shape index (κ2) is 6.70. The van der Waals surface area contributed by atoms with E-state index in [9.17, 15) is 9.18 Å². The molecule has 0 fully saturated rings. The molecule has 1 N–H and O–H groups in total. The predicted octanol–water partition coefficient (Wildman–Crippen LogP) is 2.81. The number of rotatable bonds is 5. The fourth-order valence-electron chi connectivity index (χ4n) is 1.84. The lowest BCUT2D eigenvalue weighted by atomic mass is 10.1. The van der Waals surface area contributed by atoms with Crippen molar-refractivity contribution in [3.05, 3.63) is 65.5 Å². The summed E-state index contributed by atoms with van der Waals surface area (Å²) in [6.07, 6.45) is 0.663. The standard InChI is InChI=1S/C16H16FNO2/c1-20-15-4-2-3-13(11-15)16(19)18-10-9-12-5-7-14(17)8-6-12/h2-8,11H,9-10H2,1H3,(H,18,19). The number of carbonyl (C=O) groups is 1. The van der Waals surface area contributed by atoms with Crippen molar-refractivity contribution in [1.29, 1.82) is 0 Å². The van der Waals surface area contributed by atoms with Crippen LogP contribution in [0, 0.1) is 5.82 Å². The maximum Gasteiger partial charge on any atom is 0.251 e. The number of benzene rings is 2. The minimum Gasteiger partial charge on any atom is -0.497 e. The molecule has 0 saturated carbocycles. The Hall–Kier alpha value is -2.36. The van der Waals surface area contributed by atoms with E-state index in [1.165, 1.54) is 12.1 Å². The zero-order valence-electron chi connectivity index (χ0n) is 11.2. The van der Waals surface area contributed by atoms with Crippen LogP contribution in [0.5, 0.6) is 5.75 Å². The average Bonchev–Trinajstić information content (AvgIpc) is 2.49. The van der Waals surface area contributed by atoms with Gasteiger partial charge in [-0.1, -0.05) is 18.2 Å². The summed E-state index contributed by atoms with van der Waals surface area (Å²) in [5.74, 6) is 0.247. The van der Waals surface area contributed by atoms with Crippen molar-refractivity contribution in [2.45, 2.75) is 6.42 Å². The molecule has 0 aromatic heterocycles. The molecule has 0 aliphatic rings. The van der Waals surface area contributed by atoms with Crippen molar-refractivity contribution in [2.75, 3.05) is 13.7 Å². The van der Waals surface area contributed by atoms with Crippen LogP contribution in [0.1, 0.15) is 15.9 Å². The number of hydrogen-bond donors (Lipinski definition) is 1. The van der Waals surface area contributed by atoms with Crippen LogP contribution < -0.4 is 10.1 Å². The number of methoxy groups -OCH3 is 1. The normalized spacial score (nSPS) is 10.1. The van der Waals surface area contributed by atoms with E-state index in [2.05, 4.69) is 5.32 Å². The first kappa shape index (κ1) is 14.1. The van der Waals surface area contributed by atoms with E-state index in [-0.39, 0.29) is 11.7 Å². The van der Waals surface area contributed by atoms with E-state index < -0.39 is 0 Å². The van der Waals surface area contributed by atoms with Gasteiger partial charge >= 0.3 is 0 Å². The van der Waals surface area contributed by atoms with E-state index in [0.29, 0.717) is 24.3 Å². The van der Waals surface area contributed by atoms with Gasteiger partial charge in [0.05, 0.1) is 7.11 Å². The van der Waals surface area contributed by atoms with Crippen LogP contribution in [-0.4, -0.2) is 19.6 Å². The Labute approximate surface area is 117 Å². The maximum absolute atomic E-state index is 12.7. The Kier molecular flexibility index (Phi) is 4.71. The molecule has 0 spiro atoms. The van der Waals surface area contributed by atoms with Crippen LogP contribution in [-0.2, 0) is 6.42 Å². The zero-order chi connectivity index (χ0) is 14.4. The monoisotopic (exact) mass is 273 g/mol. The maximum atomic E-state index is 12.7. The third-order valence-corrected chi connectivity index (χ3v) is 2.94. The van der Waals surface area contributed by atoms with Gasteiger partial charge in [-0.3, -0.25) is 4.79 Å². The van der Waals surface area contributed by atoms with E-state index in [1.807, 2.05) is 0 Å². The first-order chi connectivity index (χ1) is 9.69. The number of amides is 1. The van der Waals surface area contributed by atoms with Gasteiger partial charge in [-0.05, 0) is 42.3 Å². The topological polar surface area (TPSA) is 38.3 Å². The number of ether oxygens (including phenoxy) is 1.